The van der Waals surface area contributed by atoms with Gasteiger partial charge in [-0.15, -0.1) is 5.10 Å². The number of amides is 1. The van der Waals surface area contributed by atoms with E-state index in [1.54, 1.807) is 12.1 Å². The first kappa shape index (κ1) is 15.7. The summed E-state index contributed by atoms with van der Waals surface area (Å²) < 4.78 is 7.01. The van der Waals surface area contributed by atoms with Crippen LogP contribution in [0.25, 0.3) is 5.69 Å². The Bertz CT molecular complexity index is 800. The van der Waals surface area contributed by atoms with Crippen molar-refractivity contribution >= 4 is 11.6 Å². The fourth-order valence-electron chi connectivity index (χ4n) is 2.17. The van der Waals surface area contributed by atoms with Gasteiger partial charge in [0, 0.05) is 5.69 Å². The zero-order chi connectivity index (χ0) is 16.8. The minimum Gasteiger partial charge on any atom is -0.484 e. The molecule has 24 heavy (non-hydrogen) atoms. The molecule has 0 atom stereocenters. The van der Waals surface area contributed by atoms with E-state index in [2.05, 4.69) is 27.8 Å². The predicted octanol–water partition coefficient (Wildman–Crippen LogP) is 2.24. The van der Waals surface area contributed by atoms with Gasteiger partial charge in [0.25, 0.3) is 5.91 Å². The van der Waals surface area contributed by atoms with E-state index >= 15 is 0 Å². The number of benzene rings is 2. The molecule has 1 aromatic heterocycles. The molecule has 0 bridgehead atoms. The van der Waals surface area contributed by atoms with Crippen LogP contribution in [0.2, 0.25) is 0 Å². The molecule has 7 heteroatoms. The number of nitrogens with one attached hydrogen (secondary N) is 1. The second-order valence-corrected chi connectivity index (χ2v) is 5.14. The van der Waals surface area contributed by atoms with E-state index in [1.807, 2.05) is 36.4 Å². The number of carbonyl (C=O) groups excluding carboxylic acids is 1. The fraction of sp³-hybridized carbons (Fsp3) is 0.176. The molecule has 0 aliphatic rings. The molecule has 1 amide bonds. The van der Waals surface area contributed by atoms with Gasteiger partial charge in [0.15, 0.2) is 6.61 Å². The number of anilines is 1. The highest BCUT2D eigenvalue weighted by Crippen LogP contribution is 2.14. The molecular weight excluding hydrogens is 306 g/mol. The molecular formula is C17H17N5O2. The number of hydrogen-bond donors (Lipinski definition) is 1. The average Bonchev–Trinajstić information content (AvgIpc) is 3.15. The maximum absolute atomic E-state index is 12.0. The lowest BCUT2D eigenvalue weighted by atomic mass is 10.2. The van der Waals surface area contributed by atoms with Crippen LogP contribution in [0.1, 0.15) is 12.5 Å². The van der Waals surface area contributed by atoms with Crippen molar-refractivity contribution in [3.63, 3.8) is 0 Å². The third-order valence-electron chi connectivity index (χ3n) is 3.44. The Hall–Kier alpha value is -3.22. The highest BCUT2D eigenvalue weighted by molar-refractivity contribution is 5.92. The van der Waals surface area contributed by atoms with Gasteiger partial charge in [-0.1, -0.05) is 25.1 Å². The van der Waals surface area contributed by atoms with E-state index < -0.39 is 0 Å². The van der Waals surface area contributed by atoms with Crippen LogP contribution in [0.4, 0.5) is 5.69 Å². The van der Waals surface area contributed by atoms with Gasteiger partial charge in [0.05, 0.1) is 5.69 Å². The summed E-state index contributed by atoms with van der Waals surface area (Å²) in [5, 5.41) is 13.8. The molecule has 0 spiro atoms. The first-order chi connectivity index (χ1) is 11.7. The summed E-state index contributed by atoms with van der Waals surface area (Å²) >= 11 is 0. The molecule has 0 aliphatic carbocycles. The van der Waals surface area contributed by atoms with Gasteiger partial charge in [-0.3, -0.25) is 4.79 Å². The van der Waals surface area contributed by atoms with Gasteiger partial charge in [-0.05, 0) is 52.7 Å². The smallest absolute Gasteiger partial charge is 0.262 e. The van der Waals surface area contributed by atoms with Crippen LogP contribution in [0.15, 0.2) is 54.9 Å². The SMILES string of the molecule is CCc1ccc(OCC(=O)Nc2cccc(-n3cnnn3)c2)cc1. The van der Waals surface area contributed by atoms with Gasteiger partial charge >= 0.3 is 0 Å². The van der Waals surface area contributed by atoms with Gasteiger partial charge in [-0.25, -0.2) is 4.68 Å². The van der Waals surface area contributed by atoms with Gasteiger partial charge in [0.1, 0.15) is 12.1 Å². The number of hydrogen-bond acceptors (Lipinski definition) is 5. The lowest BCUT2D eigenvalue weighted by Gasteiger charge is -2.09. The highest BCUT2D eigenvalue weighted by Gasteiger charge is 2.06. The Kier molecular flexibility index (Phi) is 4.81. The van der Waals surface area contributed by atoms with Crippen LogP contribution in [-0.4, -0.2) is 32.7 Å². The van der Waals surface area contributed by atoms with Crippen LogP contribution in [0.5, 0.6) is 5.75 Å². The van der Waals surface area contributed by atoms with Crippen molar-refractivity contribution in [2.24, 2.45) is 0 Å². The number of ether oxygens (including phenoxy) is 1. The molecule has 0 aliphatic heterocycles. The summed E-state index contributed by atoms with van der Waals surface area (Å²) in [6.45, 7) is 2.04. The Labute approximate surface area is 139 Å². The number of tetrazole rings is 1. The Morgan fingerprint density at radius 3 is 2.75 bits per heavy atom. The summed E-state index contributed by atoms with van der Waals surface area (Å²) in [5.41, 5.74) is 2.64. The van der Waals surface area contributed by atoms with E-state index in [-0.39, 0.29) is 12.5 Å². The largest absolute Gasteiger partial charge is 0.484 e. The molecule has 2 aromatic carbocycles. The first-order valence-corrected chi connectivity index (χ1v) is 7.59. The Morgan fingerprint density at radius 2 is 2.04 bits per heavy atom. The summed E-state index contributed by atoms with van der Waals surface area (Å²) in [4.78, 5) is 12.0. The van der Waals surface area contributed by atoms with E-state index in [9.17, 15) is 4.79 Å². The van der Waals surface area contributed by atoms with Crippen LogP contribution in [0.3, 0.4) is 0 Å². The second-order valence-electron chi connectivity index (χ2n) is 5.14. The number of carbonyl (C=O) groups is 1. The normalized spacial score (nSPS) is 10.4. The number of rotatable bonds is 6. The van der Waals surface area contributed by atoms with E-state index in [0.717, 1.165) is 12.1 Å². The van der Waals surface area contributed by atoms with Crippen LogP contribution >= 0.6 is 0 Å². The van der Waals surface area contributed by atoms with Crippen LogP contribution in [-0.2, 0) is 11.2 Å². The highest BCUT2D eigenvalue weighted by atomic mass is 16.5. The molecule has 122 valence electrons. The standard InChI is InChI=1S/C17H17N5O2/c1-2-13-6-8-16(9-7-13)24-11-17(23)19-14-4-3-5-15(10-14)22-12-18-20-21-22/h3-10,12H,2,11H2,1H3,(H,19,23). The van der Waals surface area contributed by atoms with Crippen molar-refractivity contribution < 1.29 is 9.53 Å². The predicted molar refractivity (Wildman–Crippen MR) is 89.1 cm³/mol. The van der Waals surface area contributed by atoms with E-state index in [4.69, 9.17) is 4.74 Å². The molecule has 0 saturated carbocycles. The summed E-state index contributed by atoms with van der Waals surface area (Å²) in [6.07, 6.45) is 2.46. The van der Waals surface area contributed by atoms with Crippen molar-refractivity contribution in [1.82, 2.24) is 20.2 Å². The minimum absolute atomic E-state index is 0.0550. The third-order valence-corrected chi connectivity index (χ3v) is 3.44. The second kappa shape index (κ2) is 7.36. The Morgan fingerprint density at radius 1 is 1.21 bits per heavy atom. The first-order valence-electron chi connectivity index (χ1n) is 7.59. The van der Waals surface area contributed by atoms with Crippen molar-refractivity contribution in [3.05, 3.63) is 60.4 Å². The molecule has 7 nitrogen and oxygen atoms in total. The summed E-state index contributed by atoms with van der Waals surface area (Å²) in [6, 6.07) is 14.9. The fourth-order valence-corrected chi connectivity index (χ4v) is 2.17. The monoisotopic (exact) mass is 323 g/mol. The third kappa shape index (κ3) is 3.95. The minimum atomic E-state index is -0.233. The lowest BCUT2D eigenvalue weighted by molar-refractivity contribution is -0.118. The molecule has 0 fully saturated rings. The van der Waals surface area contributed by atoms with Gasteiger partial charge in [0.2, 0.25) is 0 Å². The molecule has 1 N–H and O–H groups in total. The number of nitrogens with zero attached hydrogens (tertiary/aromatic N) is 4. The zero-order valence-corrected chi connectivity index (χ0v) is 13.2. The molecule has 0 radical (unpaired) electrons. The number of aryl methyl sites for hydroxylation is 1. The topological polar surface area (TPSA) is 81.9 Å². The molecule has 0 unspecified atom stereocenters. The van der Waals surface area contributed by atoms with Crippen molar-refractivity contribution in [2.75, 3.05) is 11.9 Å². The maximum atomic E-state index is 12.0. The zero-order valence-electron chi connectivity index (χ0n) is 13.2. The van der Waals surface area contributed by atoms with Gasteiger partial charge in [-0.2, -0.15) is 0 Å². The molecule has 3 aromatic rings. The molecule has 3 rings (SSSR count). The Balaban J connectivity index is 1.57. The maximum Gasteiger partial charge on any atom is 0.262 e. The van der Waals surface area contributed by atoms with E-state index in [1.165, 1.54) is 16.6 Å². The molecule has 0 saturated heterocycles. The average molecular weight is 323 g/mol. The lowest BCUT2D eigenvalue weighted by Crippen LogP contribution is -2.20. The summed E-state index contributed by atoms with van der Waals surface area (Å²) in [5.74, 6) is 0.438. The van der Waals surface area contributed by atoms with Crippen LogP contribution < -0.4 is 10.1 Å². The van der Waals surface area contributed by atoms with E-state index in [0.29, 0.717) is 11.4 Å². The van der Waals surface area contributed by atoms with Crippen molar-refractivity contribution in [3.8, 4) is 11.4 Å². The summed E-state index contributed by atoms with van der Waals surface area (Å²) in [7, 11) is 0. The quantitative estimate of drug-likeness (QED) is 0.752. The van der Waals surface area contributed by atoms with Crippen LogP contribution in [0, 0.1) is 0 Å². The van der Waals surface area contributed by atoms with Crippen molar-refractivity contribution in [1.29, 1.82) is 0 Å². The molecule has 1 heterocycles. The number of aromatic nitrogens is 4. The van der Waals surface area contributed by atoms with Crippen molar-refractivity contribution in [2.45, 2.75) is 13.3 Å². The van der Waals surface area contributed by atoms with Gasteiger partial charge < -0.3 is 10.1 Å².